The average molecular weight is 345 g/mol. The number of halogens is 1. The molecular weight excluding hydrogens is 317 g/mol. The SMILES string of the molecule is CCCCN(CC)c1cccc(OCCOc2ccc(C)cc2F)c1. The molecule has 0 saturated carbocycles. The van der Waals surface area contributed by atoms with Crippen LogP contribution < -0.4 is 14.4 Å². The summed E-state index contributed by atoms with van der Waals surface area (Å²) in [5.41, 5.74) is 2.04. The molecule has 2 rings (SSSR count). The summed E-state index contributed by atoms with van der Waals surface area (Å²) in [6.45, 7) is 8.90. The summed E-state index contributed by atoms with van der Waals surface area (Å²) in [5, 5.41) is 0. The zero-order chi connectivity index (χ0) is 18.1. The van der Waals surface area contributed by atoms with E-state index >= 15 is 0 Å². The highest BCUT2D eigenvalue weighted by atomic mass is 19.1. The summed E-state index contributed by atoms with van der Waals surface area (Å²) in [6, 6.07) is 13.0. The molecule has 0 aliphatic carbocycles. The summed E-state index contributed by atoms with van der Waals surface area (Å²) in [5.74, 6) is 0.733. The molecule has 2 aromatic carbocycles. The summed E-state index contributed by atoms with van der Waals surface area (Å²) < 4.78 is 24.9. The van der Waals surface area contributed by atoms with Crippen molar-refractivity contribution in [2.75, 3.05) is 31.2 Å². The molecule has 0 spiro atoms. The molecule has 4 heteroatoms. The van der Waals surface area contributed by atoms with Crippen LogP contribution in [-0.4, -0.2) is 26.3 Å². The first-order chi connectivity index (χ1) is 12.1. The van der Waals surface area contributed by atoms with E-state index in [0.29, 0.717) is 13.2 Å². The molecule has 0 fully saturated rings. The molecule has 0 aliphatic rings. The van der Waals surface area contributed by atoms with Crippen LogP contribution in [0.4, 0.5) is 10.1 Å². The quantitative estimate of drug-likeness (QED) is 0.551. The highest BCUT2D eigenvalue weighted by molar-refractivity contribution is 5.50. The van der Waals surface area contributed by atoms with Crippen molar-refractivity contribution in [2.45, 2.75) is 33.6 Å². The van der Waals surface area contributed by atoms with E-state index in [2.05, 4.69) is 24.8 Å². The van der Waals surface area contributed by atoms with Gasteiger partial charge in [-0.15, -0.1) is 0 Å². The Morgan fingerprint density at radius 3 is 2.52 bits per heavy atom. The van der Waals surface area contributed by atoms with Gasteiger partial charge in [0, 0.05) is 24.8 Å². The maximum Gasteiger partial charge on any atom is 0.165 e. The van der Waals surface area contributed by atoms with Gasteiger partial charge in [0.25, 0.3) is 0 Å². The third kappa shape index (κ3) is 5.96. The Balaban J connectivity index is 1.85. The molecule has 0 unspecified atom stereocenters. The van der Waals surface area contributed by atoms with Gasteiger partial charge in [-0.3, -0.25) is 0 Å². The van der Waals surface area contributed by atoms with E-state index in [1.807, 2.05) is 31.2 Å². The topological polar surface area (TPSA) is 21.7 Å². The fourth-order valence-electron chi connectivity index (χ4n) is 2.62. The lowest BCUT2D eigenvalue weighted by Crippen LogP contribution is -2.23. The van der Waals surface area contributed by atoms with Gasteiger partial charge >= 0.3 is 0 Å². The minimum atomic E-state index is -0.337. The maximum absolute atomic E-state index is 13.7. The Morgan fingerprint density at radius 1 is 1.00 bits per heavy atom. The number of benzene rings is 2. The second-order valence-corrected chi connectivity index (χ2v) is 6.06. The van der Waals surface area contributed by atoms with Crippen LogP contribution in [0.5, 0.6) is 11.5 Å². The molecule has 0 aliphatic heterocycles. The van der Waals surface area contributed by atoms with Crippen molar-refractivity contribution in [3.05, 3.63) is 53.8 Å². The molecule has 0 amide bonds. The summed E-state index contributed by atoms with van der Waals surface area (Å²) in [7, 11) is 0. The van der Waals surface area contributed by atoms with Crippen LogP contribution in [-0.2, 0) is 0 Å². The van der Waals surface area contributed by atoms with Gasteiger partial charge in [0.05, 0.1) is 0 Å². The van der Waals surface area contributed by atoms with Gasteiger partial charge in [0.2, 0.25) is 0 Å². The van der Waals surface area contributed by atoms with Crippen molar-refractivity contribution < 1.29 is 13.9 Å². The van der Waals surface area contributed by atoms with E-state index in [0.717, 1.165) is 24.4 Å². The number of hydrogen-bond acceptors (Lipinski definition) is 3. The van der Waals surface area contributed by atoms with Crippen molar-refractivity contribution in [2.24, 2.45) is 0 Å². The molecule has 0 heterocycles. The molecule has 2 aromatic rings. The Morgan fingerprint density at radius 2 is 1.80 bits per heavy atom. The van der Waals surface area contributed by atoms with Crippen molar-refractivity contribution in [1.82, 2.24) is 0 Å². The van der Waals surface area contributed by atoms with Gasteiger partial charge in [-0.05, 0) is 50.1 Å². The Bertz CT molecular complexity index is 660. The number of aryl methyl sites for hydroxylation is 1. The highest BCUT2D eigenvalue weighted by Crippen LogP contribution is 2.22. The Hall–Kier alpha value is -2.23. The van der Waals surface area contributed by atoms with Crippen LogP contribution in [0.2, 0.25) is 0 Å². The number of anilines is 1. The summed E-state index contributed by atoms with van der Waals surface area (Å²) in [4.78, 5) is 2.34. The zero-order valence-corrected chi connectivity index (χ0v) is 15.4. The second-order valence-electron chi connectivity index (χ2n) is 6.06. The largest absolute Gasteiger partial charge is 0.490 e. The molecular formula is C21H28FNO2. The van der Waals surface area contributed by atoms with Crippen LogP contribution >= 0.6 is 0 Å². The summed E-state index contributed by atoms with van der Waals surface area (Å²) in [6.07, 6.45) is 2.36. The summed E-state index contributed by atoms with van der Waals surface area (Å²) >= 11 is 0. The minimum absolute atomic E-state index is 0.264. The lowest BCUT2D eigenvalue weighted by atomic mass is 10.2. The monoisotopic (exact) mass is 345 g/mol. The fraction of sp³-hybridized carbons (Fsp3) is 0.429. The molecule has 136 valence electrons. The van der Waals surface area contributed by atoms with E-state index < -0.39 is 0 Å². The third-order valence-electron chi connectivity index (χ3n) is 4.04. The maximum atomic E-state index is 13.7. The van der Waals surface area contributed by atoms with E-state index in [1.165, 1.54) is 24.6 Å². The first-order valence-electron chi connectivity index (χ1n) is 9.00. The fourth-order valence-corrected chi connectivity index (χ4v) is 2.62. The third-order valence-corrected chi connectivity index (χ3v) is 4.04. The van der Waals surface area contributed by atoms with Gasteiger partial charge in [0.1, 0.15) is 19.0 Å². The molecule has 0 bridgehead atoms. The number of nitrogens with zero attached hydrogens (tertiary/aromatic N) is 1. The molecule has 0 atom stereocenters. The van der Waals surface area contributed by atoms with E-state index in [1.54, 1.807) is 6.07 Å². The molecule has 0 radical (unpaired) electrons. The standard InChI is InChI=1S/C21H28FNO2/c1-4-6-12-23(5-2)18-8-7-9-19(16-18)24-13-14-25-21-11-10-17(3)15-20(21)22/h7-11,15-16H,4-6,12-14H2,1-3H3. The first-order valence-corrected chi connectivity index (χ1v) is 9.00. The van der Waals surface area contributed by atoms with Crippen molar-refractivity contribution in [1.29, 1.82) is 0 Å². The van der Waals surface area contributed by atoms with Gasteiger partial charge in [-0.2, -0.15) is 0 Å². The smallest absolute Gasteiger partial charge is 0.165 e. The number of ether oxygens (including phenoxy) is 2. The van der Waals surface area contributed by atoms with Crippen LogP contribution in [0, 0.1) is 12.7 Å². The number of hydrogen-bond donors (Lipinski definition) is 0. The minimum Gasteiger partial charge on any atom is -0.490 e. The first kappa shape index (κ1) is 19.1. The molecule has 0 saturated heterocycles. The predicted octanol–water partition coefficient (Wildman–Crippen LogP) is 5.22. The van der Waals surface area contributed by atoms with Crippen molar-refractivity contribution >= 4 is 5.69 Å². The van der Waals surface area contributed by atoms with E-state index in [-0.39, 0.29) is 11.6 Å². The van der Waals surface area contributed by atoms with Crippen LogP contribution in [0.15, 0.2) is 42.5 Å². The Labute approximate surface area is 150 Å². The molecule has 3 nitrogen and oxygen atoms in total. The number of rotatable bonds is 10. The normalized spacial score (nSPS) is 10.6. The molecule has 0 N–H and O–H groups in total. The van der Waals surface area contributed by atoms with Crippen LogP contribution in [0.25, 0.3) is 0 Å². The van der Waals surface area contributed by atoms with Gasteiger partial charge in [-0.1, -0.05) is 25.5 Å². The molecule has 25 heavy (non-hydrogen) atoms. The second kappa shape index (κ2) is 9.92. The van der Waals surface area contributed by atoms with Crippen LogP contribution in [0.3, 0.4) is 0 Å². The van der Waals surface area contributed by atoms with Crippen molar-refractivity contribution in [3.8, 4) is 11.5 Å². The lowest BCUT2D eigenvalue weighted by Gasteiger charge is -2.23. The lowest BCUT2D eigenvalue weighted by molar-refractivity contribution is 0.211. The predicted molar refractivity (Wildman–Crippen MR) is 101 cm³/mol. The average Bonchev–Trinajstić information content (AvgIpc) is 2.61. The number of unbranched alkanes of at least 4 members (excludes halogenated alkanes) is 1. The Kier molecular flexibility index (Phi) is 7.58. The van der Waals surface area contributed by atoms with Crippen molar-refractivity contribution in [3.63, 3.8) is 0 Å². The van der Waals surface area contributed by atoms with Crippen LogP contribution in [0.1, 0.15) is 32.3 Å². The van der Waals surface area contributed by atoms with Gasteiger partial charge in [0.15, 0.2) is 11.6 Å². The van der Waals surface area contributed by atoms with E-state index in [9.17, 15) is 4.39 Å². The zero-order valence-electron chi connectivity index (χ0n) is 15.4. The van der Waals surface area contributed by atoms with E-state index in [4.69, 9.17) is 9.47 Å². The van der Waals surface area contributed by atoms with Gasteiger partial charge in [-0.25, -0.2) is 4.39 Å². The highest BCUT2D eigenvalue weighted by Gasteiger charge is 2.06. The molecule has 0 aromatic heterocycles. The van der Waals surface area contributed by atoms with Gasteiger partial charge < -0.3 is 14.4 Å².